The van der Waals surface area contributed by atoms with Crippen LogP contribution < -0.4 is 29.6 Å². The van der Waals surface area contributed by atoms with Crippen LogP contribution in [0.15, 0.2) is 24.3 Å². The van der Waals surface area contributed by atoms with Crippen LogP contribution >= 0.6 is 11.6 Å². The number of aliphatic hydroxyl groups excluding tert-OH is 3. The minimum atomic E-state index is -0.705. The molecular formula is C13H20ClNaO3. The zero-order valence-electron chi connectivity index (χ0n) is 11.9. The summed E-state index contributed by atoms with van der Waals surface area (Å²) in [5, 5.41) is 29.2. The van der Waals surface area contributed by atoms with Gasteiger partial charge in [-0.25, -0.2) is 0 Å². The van der Waals surface area contributed by atoms with Crippen molar-refractivity contribution in [1.82, 2.24) is 0 Å². The molecule has 0 amide bonds. The minimum Gasteiger partial charge on any atom is -1.00 e. The van der Waals surface area contributed by atoms with Gasteiger partial charge < -0.3 is 16.7 Å². The number of rotatable bonds is 6. The van der Waals surface area contributed by atoms with Crippen molar-refractivity contribution in [2.75, 3.05) is 6.61 Å². The molecule has 0 aromatic heterocycles. The molecule has 0 aliphatic carbocycles. The molecule has 1 aromatic carbocycles. The van der Waals surface area contributed by atoms with Crippen molar-refractivity contribution in [2.45, 2.75) is 32.0 Å². The summed E-state index contributed by atoms with van der Waals surface area (Å²) in [6.45, 7) is 1.91. The number of hydrogen-bond acceptors (Lipinski definition) is 3. The monoisotopic (exact) mass is 282 g/mol. The van der Waals surface area contributed by atoms with E-state index in [1.807, 2.05) is 6.92 Å². The smallest absolute Gasteiger partial charge is 1.00 e. The molecule has 0 aliphatic heterocycles. The summed E-state index contributed by atoms with van der Waals surface area (Å²) >= 11 is 5.75. The van der Waals surface area contributed by atoms with Crippen molar-refractivity contribution in [3.63, 3.8) is 0 Å². The van der Waals surface area contributed by atoms with E-state index in [0.29, 0.717) is 11.4 Å². The fourth-order valence-corrected chi connectivity index (χ4v) is 1.80. The Morgan fingerprint density at radius 2 is 1.78 bits per heavy atom. The summed E-state index contributed by atoms with van der Waals surface area (Å²) in [7, 11) is 0. The zero-order valence-corrected chi connectivity index (χ0v) is 13.6. The van der Waals surface area contributed by atoms with Crippen molar-refractivity contribution in [1.29, 1.82) is 0 Å². The largest absolute Gasteiger partial charge is 1.00 e. The predicted molar refractivity (Wildman–Crippen MR) is 69.0 cm³/mol. The molecule has 1 rings (SSSR count). The van der Waals surface area contributed by atoms with E-state index in [-0.39, 0.29) is 49.9 Å². The molecule has 0 fully saturated rings. The van der Waals surface area contributed by atoms with Gasteiger partial charge in [0.1, 0.15) is 0 Å². The summed E-state index contributed by atoms with van der Waals surface area (Å²) < 4.78 is 0. The van der Waals surface area contributed by atoms with E-state index < -0.39 is 12.2 Å². The number of halogens is 1. The molecule has 0 saturated heterocycles. The van der Waals surface area contributed by atoms with E-state index in [1.165, 1.54) is 0 Å². The van der Waals surface area contributed by atoms with Gasteiger partial charge in [0.25, 0.3) is 0 Å². The molecule has 0 aliphatic rings. The number of benzene rings is 1. The van der Waals surface area contributed by atoms with Crippen molar-refractivity contribution >= 4 is 11.6 Å². The Bertz CT molecular complexity index is 337. The second-order valence-electron chi connectivity index (χ2n) is 4.36. The van der Waals surface area contributed by atoms with Crippen molar-refractivity contribution < 1.29 is 46.3 Å². The van der Waals surface area contributed by atoms with Gasteiger partial charge in [0.05, 0.1) is 12.2 Å². The molecule has 3 N–H and O–H groups in total. The molecule has 98 valence electrons. The van der Waals surface area contributed by atoms with E-state index in [4.69, 9.17) is 16.7 Å². The van der Waals surface area contributed by atoms with Crippen molar-refractivity contribution in [3.05, 3.63) is 34.9 Å². The summed E-state index contributed by atoms with van der Waals surface area (Å²) in [5.41, 5.74) is 0.740. The minimum absolute atomic E-state index is 0. The zero-order chi connectivity index (χ0) is 12.8. The Morgan fingerprint density at radius 3 is 2.28 bits per heavy atom. The molecule has 18 heavy (non-hydrogen) atoms. The Balaban J connectivity index is 0. The first-order chi connectivity index (χ1) is 8.04. The molecule has 5 heteroatoms. The second-order valence-corrected chi connectivity index (χ2v) is 4.80. The van der Waals surface area contributed by atoms with Crippen LogP contribution in [0.25, 0.3) is 0 Å². The molecule has 0 bridgehead atoms. The molecule has 1 aromatic rings. The molecule has 3 nitrogen and oxygen atoms in total. The quantitative estimate of drug-likeness (QED) is 0.603. The van der Waals surface area contributed by atoms with Gasteiger partial charge >= 0.3 is 29.6 Å². The predicted octanol–water partition coefficient (Wildman–Crippen LogP) is -0.741. The third kappa shape index (κ3) is 6.02. The maximum absolute atomic E-state index is 9.93. The first kappa shape index (κ1) is 18.4. The van der Waals surface area contributed by atoms with E-state index in [2.05, 4.69) is 0 Å². The van der Waals surface area contributed by atoms with Crippen LogP contribution in [0, 0.1) is 5.92 Å². The average Bonchev–Trinajstić information content (AvgIpc) is 2.30. The standard InChI is InChI=1S/C13H19ClO3.Na.H/c1-9(6-7-15)12(16)8-13(17)10-2-4-11(14)5-3-10;;/h2-5,9,12-13,15-17H,6-8H2,1H3;;/q;+1;-1. The normalized spacial score (nSPS) is 15.6. The van der Waals surface area contributed by atoms with Gasteiger partial charge in [-0.3, -0.25) is 0 Å². The van der Waals surface area contributed by atoms with Gasteiger partial charge in [-0.05, 0) is 30.0 Å². The summed E-state index contributed by atoms with van der Waals surface area (Å²) in [6, 6.07) is 6.92. The first-order valence-corrected chi connectivity index (χ1v) is 6.15. The van der Waals surface area contributed by atoms with Crippen LogP contribution in [0.4, 0.5) is 0 Å². The molecule has 3 atom stereocenters. The van der Waals surface area contributed by atoms with Crippen LogP contribution in [0.3, 0.4) is 0 Å². The topological polar surface area (TPSA) is 60.7 Å². The Labute approximate surface area is 137 Å². The fourth-order valence-electron chi connectivity index (χ4n) is 1.68. The van der Waals surface area contributed by atoms with E-state index in [9.17, 15) is 10.2 Å². The van der Waals surface area contributed by atoms with Crippen LogP contribution in [0.2, 0.25) is 5.02 Å². The molecule has 0 heterocycles. The number of aliphatic hydroxyl groups is 3. The van der Waals surface area contributed by atoms with Crippen LogP contribution in [0.5, 0.6) is 0 Å². The molecule has 0 spiro atoms. The third-order valence-corrected chi connectivity index (χ3v) is 3.21. The van der Waals surface area contributed by atoms with Gasteiger partial charge in [-0.1, -0.05) is 30.7 Å². The summed E-state index contributed by atoms with van der Waals surface area (Å²) in [6.07, 6.45) is -0.520. The Kier molecular flexibility index (Phi) is 9.52. The Hall–Kier alpha value is 0.390. The van der Waals surface area contributed by atoms with E-state index >= 15 is 0 Å². The van der Waals surface area contributed by atoms with Crippen LogP contribution in [-0.2, 0) is 0 Å². The van der Waals surface area contributed by atoms with Gasteiger partial charge in [0.15, 0.2) is 0 Å². The van der Waals surface area contributed by atoms with Gasteiger partial charge in [-0.2, -0.15) is 0 Å². The molecule has 3 unspecified atom stereocenters. The maximum Gasteiger partial charge on any atom is 1.00 e. The number of hydrogen-bond donors (Lipinski definition) is 3. The SMILES string of the molecule is CC(CCO)C(O)CC(O)c1ccc(Cl)cc1.[H-].[Na+]. The third-order valence-electron chi connectivity index (χ3n) is 2.96. The van der Waals surface area contributed by atoms with Crippen molar-refractivity contribution in [3.8, 4) is 0 Å². The average molecular weight is 283 g/mol. The summed E-state index contributed by atoms with van der Waals surface area (Å²) in [5.74, 6) is -0.0260. The molecule has 0 saturated carbocycles. The second kappa shape index (κ2) is 9.32. The maximum atomic E-state index is 9.93. The van der Waals surface area contributed by atoms with Gasteiger partial charge in [0, 0.05) is 18.1 Å². The van der Waals surface area contributed by atoms with Gasteiger partial charge in [0.2, 0.25) is 0 Å². The van der Waals surface area contributed by atoms with Crippen LogP contribution in [-0.4, -0.2) is 28.0 Å². The van der Waals surface area contributed by atoms with E-state index in [0.717, 1.165) is 5.56 Å². The molecular weight excluding hydrogens is 263 g/mol. The van der Waals surface area contributed by atoms with Crippen molar-refractivity contribution in [2.24, 2.45) is 5.92 Å². The molecule has 0 radical (unpaired) electrons. The van der Waals surface area contributed by atoms with E-state index in [1.54, 1.807) is 24.3 Å². The van der Waals surface area contributed by atoms with Gasteiger partial charge in [-0.15, -0.1) is 0 Å². The fraction of sp³-hybridized carbons (Fsp3) is 0.538. The first-order valence-electron chi connectivity index (χ1n) is 5.77. The Morgan fingerprint density at radius 1 is 1.22 bits per heavy atom. The van der Waals surface area contributed by atoms with Crippen LogP contribution in [0.1, 0.15) is 32.9 Å². The summed E-state index contributed by atoms with van der Waals surface area (Å²) in [4.78, 5) is 0.